The molecule has 1 aromatic heterocycles. The lowest BCUT2D eigenvalue weighted by molar-refractivity contribution is 0.161. The molecule has 3 nitrogen and oxygen atoms in total. The molecule has 0 spiro atoms. The van der Waals surface area contributed by atoms with Gasteiger partial charge in [0.2, 0.25) is 0 Å². The third-order valence-electron chi connectivity index (χ3n) is 1.17. The van der Waals surface area contributed by atoms with E-state index in [2.05, 4.69) is 4.98 Å². The highest BCUT2D eigenvalue weighted by atomic mass is 35.5. The maximum atomic E-state index is 8.34. The zero-order chi connectivity index (χ0) is 8.27. The Labute approximate surface area is 73.9 Å². The lowest BCUT2D eigenvalue weighted by Gasteiger charge is -2.00. The van der Waals surface area contributed by atoms with Crippen molar-refractivity contribution in [2.45, 2.75) is 6.54 Å². The molecule has 5 heteroatoms. The summed E-state index contributed by atoms with van der Waals surface area (Å²) in [6.07, 6.45) is 1.51. The van der Waals surface area contributed by atoms with Crippen LogP contribution in [0.5, 0.6) is 0 Å². The van der Waals surface area contributed by atoms with Crippen molar-refractivity contribution in [1.82, 2.24) is 10.5 Å². The highest BCUT2D eigenvalue weighted by Gasteiger charge is 2.00. The van der Waals surface area contributed by atoms with Crippen molar-refractivity contribution < 1.29 is 5.21 Å². The quantitative estimate of drug-likeness (QED) is 0.556. The maximum Gasteiger partial charge on any atom is 0.130 e. The van der Waals surface area contributed by atoms with E-state index in [0.29, 0.717) is 15.7 Å². The summed E-state index contributed by atoms with van der Waals surface area (Å²) in [6, 6.07) is 1.52. The second-order valence-corrected chi connectivity index (χ2v) is 2.73. The summed E-state index contributed by atoms with van der Waals surface area (Å²) in [4.78, 5) is 3.79. The van der Waals surface area contributed by atoms with E-state index < -0.39 is 0 Å². The zero-order valence-corrected chi connectivity index (χ0v) is 7.02. The molecule has 0 bridgehead atoms. The minimum absolute atomic E-state index is 0.267. The molecule has 60 valence electrons. The molecular weight excluding hydrogens is 187 g/mol. The van der Waals surface area contributed by atoms with E-state index in [1.54, 1.807) is 0 Å². The molecule has 0 atom stereocenters. The predicted molar refractivity (Wildman–Crippen MR) is 42.9 cm³/mol. The lowest BCUT2D eigenvalue weighted by Crippen LogP contribution is -2.06. The first-order chi connectivity index (χ1) is 5.24. The van der Waals surface area contributed by atoms with Crippen molar-refractivity contribution in [2.75, 3.05) is 0 Å². The van der Waals surface area contributed by atoms with Crippen LogP contribution in [-0.2, 0) is 6.54 Å². The molecule has 0 aliphatic heterocycles. The SMILES string of the molecule is ONCc1cnc(Cl)cc1Cl. The molecule has 0 aliphatic rings. The Morgan fingerprint density at radius 2 is 2.27 bits per heavy atom. The van der Waals surface area contributed by atoms with Gasteiger partial charge in [-0.15, -0.1) is 0 Å². The Morgan fingerprint density at radius 3 is 2.82 bits per heavy atom. The van der Waals surface area contributed by atoms with Gasteiger partial charge in [-0.3, -0.25) is 0 Å². The van der Waals surface area contributed by atoms with Crippen LogP contribution in [0.3, 0.4) is 0 Å². The van der Waals surface area contributed by atoms with Crippen LogP contribution < -0.4 is 5.48 Å². The Balaban J connectivity index is 2.90. The minimum Gasteiger partial charge on any atom is -0.316 e. The molecule has 1 rings (SSSR count). The summed E-state index contributed by atoms with van der Waals surface area (Å²) in [5.74, 6) is 0. The molecule has 0 saturated heterocycles. The molecule has 0 fully saturated rings. The van der Waals surface area contributed by atoms with Crippen LogP contribution in [0.25, 0.3) is 0 Å². The number of pyridine rings is 1. The number of nitrogens with zero attached hydrogens (tertiary/aromatic N) is 1. The third kappa shape index (κ3) is 2.31. The van der Waals surface area contributed by atoms with Crippen LogP contribution in [0.15, 0.2) is 12.3 Å². The number of aromatic nitrogens is 1. The maximum absolute atomic E-state index is 8.34. The third-order valence-corrected chi connectivity index (χ3v) is 1.72. The predicted octanol–water partition coefficient (Wildman–Crippen LogP) is 1.87. The Bertz CT molecular complexity index is 254. The molecule has 1 heterocycles. The highest BCUT2D eigenvalue weighted by molar-refractivity contribution is 6.34. The Morgan fingerprint density at radius 1 is 1.55 bits per heavy atom. The summed E-state index contributed by atoms with van der Waals surface area (Å²) in [5, 5.41) is 9.18. The van der Waals surface area contributed by atoms with E-state index in [-0.39, 0.29) is 6.54 Å². The van der Waals surface area contributed by atoms with E-state index in [9.17, 15) is 0 Å². The van der Waals surface area contributed by atoms with E-state index in [4.69, 9.17) is 28.4 Å². The van der Waals surface area contributed by atoms with Gasteiger partial charge in [0.05, 0.1) is 0 Å². The number of nitrogens with one attached hydrogen (secondary N) is 1. The second-order valence-electron chi connectivity index (χ2n) is 1.93. The molecule has 1 aromatic rings. The standard InChI is InChI=1S/C6H6Cl2N2O/c7-5-1-6(8)9-2-4(5)3-10-11/h1-2,10-11H,3H2. The van der Waals surface area contributed by atoms with Crippen LogP contribution >= 0.6 is 23.2 Å². The van der Waals surface area contributed by atoms with Gasteiger partial charge in [0, 0.05) is 23.3 Å². The summed E-state index contributed by atoms with van der Waals surface area (Å²) < 4.78 is 0. The fraction of sp³-hybridized carbons (Fsp3) is 0.167. The monoisotopic (exact) mass is 192 g/mol. The van der Waals surface area contributed by atoms with Gasteiger partial charge in [0.15, 0.2) is 0 Å². The van der Waals surface area contributed by atoms with Crippen LogP contribution in [-0.4, -0.2) is 10.2 Å². The molecule has 0 saturated carbocycles. The van der Waals surface area contributed by atoms with E-state index in [1.807, 2.05) is 5.48 Å². The minimum atomic E-state index is 0.267. The molecule has 2 N–H and O–H groups in total. The van der Waals surface area contributed by atoms with Crippen molar-refractivity contribution >= 4 is 23.2 Å². The van der Waals surface area contributed by atoms with E-state index >= 15 is 0 Å². The number of hydroxylamine groups is 1. The largest absolute Gasteiger partial charge is 0.316 e. The molecule has 0 radical (unpaired) electrons. The summed E-state index contributed by atoms with van der Waals surface area (Å²) in [5.41, 5.74) is 2.68. The topological polar surface area (TPSA) is 45.1 Å². The molecule has 0 aliphatic carbocycles. The number of halogens is 2. The smallest absolute Gasteiger partial charge is 0.130 e. The first kappa shape index (κ1) is 8.74. The van der Waals surface area contributed by atoms with Gasteiger partial charge in [-0.05, 0) is 6.07 Å². The highest BCUT2D eigenvalue weighted by Crippen LogP contribution is 2.17. The van der Waals surface area contributed by atoms with Gasteiger partial charge in [-0.2, -0.15) is 0 Å². The molecule has 0 aromatic carbocycles. The van der Waals surface area contributed by atoms with Crippen LogP contribution in [0.2, 0.25) is 10.2 Å². The first-order valence-corrected chi connectivity index (χ1v) is 3.66. The van der Waals surface area contributed by atoms with Crippen molar-refractivity contribution in [3.63, 3.8) is 0 Å². The van der Waals surface area contributed by atoms with Gasteiger partial charge >= 0.3 is 0 Å². The van der Waals surface area contributed by atoms with Crippen molar-refractivity contribution in [3.05, 3.63) is 28.0 Å². The zero-order valence-electron chi connectivity index (χ0n) is 5.51. The van der Waals surface area contributed by atoms with E-state index in [0.717, 1.165) is 0 Å². The number of rotatable bonds is 2. The number of hydrogen-bond donors (Lipinski definition) is 2. The number of hydrogen-bond acceptors (Lipinski definition) is 3. The normalized spacial score (nSPS) is 10.1. The van der Waals surface area contributed by atoms with Gasteiger partial charge in [-0.25, -0.2) is 10.5 Å². The van der Waals surface area contributed by atoms with Crippen LogP contribution in [0.1, 0.15) is 5.56 Å². The lowest BCUT2D eigenvalue weighted by atomic mass is 10.3. The molecule has 0 unspecified atom stereocenters. The average Bonchev–Trinajstić information content (AvgIpc) is 1.95. The molecular formula is C6H6Cl2N2O. The van der Waals surface area contributed by atoms with Crippen molar-refractivity contribution in [1.29, 1.82) is 0 Å². The fourth-order valence-corrected chi connectivity index (χ4v) is 1.08. The summed E-state index contributed by atoms with van der Waals surface area (Å²) >= 11 is 11.3. The van der Waals surface area contributed by atoms with Gasteiger partial charge in [0.1, 0.15) is 5.15 Å². The van der Waals surface area contributed by atoms with Crippen molar-refractivity contribution in [3.8, 4) is 0 Å². The summed E-state index contributed by atoms with van der Waals surface area (Å²) in [7, 11) is 0. The first-order valence-electron chi connectivity index (χ1n) is 2.91. The fourth-order valence-electron chi connectivity index (χ4n) is 0.651. The Hall–Kier alpha value is -0.350. The van der Waals surface area contributed by atoms with Gasteiger partial charge in [0.25, 0.3) is 0 Å². The Kier molecular flexibility index (Phi) is 3.08. The van der Waals surface area contributed by atoms with Crippen LogP contribution in [0.4, 0.5) is 0 Å². The summed E-state index contributed by atoms with van der Waals surface area (Å²) in [6.45, 7) is 0.267. The van der Waals surface area contributed by atoms with Crippen LogP contribution in [0, 0.1) is 0 Å². The van der Waals surface area contributed by atoms with E-state index in [1.165, 1.54) is 12.3 Å². The molecule has 0 amide bonds. The van der Waals surface area contributed by atoms with Gasteiger partial charge in [-0.1, -0.05) is 23.2 Å². The molecule has 11 heavy (non-hydrogen) atoms. The van der Waals surface area contributed by atoms with Gasteiger partial charge < -0.3 is 5.21 Å². The average molecular weight is 193 g/mol. The van der Waals surface area contributed by atoms with Crippen molar-refractivity contribution in [2.24, 2.45) is 0 Å². The second kappa shape index (κ2) is 3.88.